The monoisotopic (exact) mass is 276 g/mol. The van der Waals surface area contributed by atoms with Crippen LogP contribution in [-0.2, 0) is 14.8 Å². The maximum absolute atomic E-state index is 12.0. The average molecular weight is 276 g/mol. The van der Waals surface area contributed by atoms with Crippen LogP contribution in [0.3, 0.4) is 0 Å². The highest BCUT2D eigenvalue weighted by atomic mass is 32.2. The normalized spacial score (nSPS) is 27.2. The smallest absolute Gasteiger partial charge is 0.211 e. The van der Waals surface area contributed by atoms with Crippen LogP contribution in [0.5, 0.6) is 0 Å². The molecule has 2 aliphatic heterocycles. The Hall–Kier alpha value is -0.170. The molecule has 0 spiro atoms. The van der Waals surface area contributed by atoms with Crippen LogP contribution in [0.15, 0.2) is 0 Å². The molecule has 0 aromatic carbocycles. The standard InChI is InChI=1S/C12H24N2O3S/c15-18(16,10-12-2-1-5-13-8-12)14-9-11-3-6-17-7-4-11/h11-14H,1-10H2. The van der Waals surface area contributed by atoms with Gasteiger partial charge in [0.05, 0.1) is 5.75 Å². The van der Waals surface area contributed by atoms with E-state index in [1.54, 1.807) is 0 Å². The molecule has 2 aliphatic rings. The van der Waals surface area contributed by atoms with Gasteiger partial charge in [-0.15, -0.1) is 0 Å². The van der Waals surface area contributed by atoms with Crippen LogP contribution in [-0.4, -0.2) is 47.0 Å². The summed E-state index contributed by atoms with van der Waals surface area (Å²) in [6.45, 7) is 3.95. The Kier molecular flexibility index (Phi) is 5.41. The first kappa shape index (κ1) is 14.2. The summed E-state index contributed by atoms with van der Waals surface area (Å²) in [5.41, 5.74) is 0. The molecule has 18 heavy (non-hydrogen) atoms. The van der Waals surface area contributed by atoms with Gasteiger partial charge in [-0.25, -0.2) is 13.1 Å². The van der Waals surface area contributed by atoms with E-state index in [0.29, 0.717) is 12.5 Å². The fraction of sp³-hybridized carbons (Fsp3) is 1.00. The molecule has 6 heteroatoms. The lowest BCUT2D eigenvalue weighted by Crippen LogP contribution is -2.39. The Labute approximate surface area is 110 Å². The highest BCUT2D eigenvalue weighted by Gasteiger charge is 2.22. The Morgan fingerprint density at radius 2 is 1.94 bits per heavy atom. The van der Waals surface area contributed by atoms with Gasteiger partial charge in [-0.3, -0.25) is 0 Å². The van der Waals surface area contributed by atoms with Gasteiger partial charge >= 0.3 is 0 Å². The molecule has 0 aliphatic carbocycles. The van der Waals surface area contributed by atoms with Gasteiger partial charge in [-0.1, -0.05) is 0 Å². The molecule has 2 saturated heterocycles. The highest BCUT2D eigenvalue weighted by Crippen LogP contribution is 2.15. The van der Waals surface area contributed by atoms with Crippen molar-refractivity contribution in [2.75, 3.05) is 38.6 Å². The minimum atomic E-state index is -3.11. The summed E-state index contributed by atoms with van der Waals surface area (Å²) < 4.78 is 32.0. The van der Waals surface area contributed by atoms with Crippen molar-refractivity contribution in [2.45, 2.75) is 25.7 Å². The Balaban J connectivity index is 1.72. The van der Waals surface area contributed by atoms with Crippen molar-refractivity contribution in [3.63, 3.8) is 0 Å². The summed E-state index contributed by atoms with van der Waals surface area (Å²) in [5.74, 6) is 0.979. The van der Waals surface area contributed by atoms with E-state index in [1.165, 1.54) is 0 Å². The van der Waals surface area contributed by atoms with E-state index in [4.69, 9.17) is 4.74 Å². The number of hydrogen-bond donors (Lipinski definition) is 2. The van der Waals surface area contributed by atoms with E-state index < -0.39 is 10.0 Å². The Bertz CT molecular complexity index is 333. The van der Waals surface area contributed by atoms with Gasteiger partial charge in [0, 0.05) is 19.8 Å². The molecule has 0 aromatic heterocycles. The zero-order chi connectivity index (χ0) is 12.8. The number of nitrogens with one attached hydrogen (secondary N) is 2. The molecular weight excluding hydrogens is 252 g/mol. The van der Waals surface area contributed by atoms with Gasteiger partial charge in [0.25, 0.3) is 0 Å². The van der Waals surface area contributed by atoms with Gasteiger partial charge in [-0.2, -0.15) is 0 Å². The molecule has 0 saturated carbocycles. The minimum absolute atomic E-state index is 0.267. The van der Waals surface area contributed by atoms with Crippen LogP contribution in [0.1, 0.15) is 25.7 Å². The number of sulfonamides is 1. The van der Waals surface area contributed by atoms with Crippen LogP contribution < -0.4 is 10.0 Å². The van der Waals surface area contributed by atoms with E-state index in [1.807, 2.05) is 0 Å². The number of piperidine rings is 1. The number of ether oxygens (including phenoxy) is 1. The van der Waals surface area contributed by atoms with Crippen molar-refractivity contribution in [2.24, 2.45) is 11.8 Å². The van der Waals surface area contributed by atoms with Gasteiger partial charge < -0.3 is 10.1 Å². The topological polar surface area (TPSA) is 67.4 Å². The maximum atomic E-state index is 12.0. The lowest BCUT2D eigenvalue weighted by atomic mass is 10.0. The van der Waals surface area contributed by atoms with Crippen molar-refractivity contribution in [3.05, 3.63) is 0 Å². The first-order valence-corrected chi connectivity index (χ1v) is 8.57. The molecule has 2 heterocycles. The summed E-state index contributed by atoms with van der Waals surface area (Å²) in [6.07, 6.45) is 4.03. The van der Waals surface area contributed by atoms with E-state index >= 15 is 0 Å². The van der Waals surface area contributed by atoms with Crippen LogP contribution in [0, 0.1) is 11.8 Å². The van der Waals surface area contributed by atoms with Crippen LogP contribution in [0.2, 0.25) is 0 Å². The molecule has 5 nitrogen and oxygen atoms in total. The third-order valence-electron chi connectivity index (χ3n) is 3.79. The SMILES string of the molecule is O=S(=O)(CC1CCCNC1)NCC1CCOCC1. The third kappa shape index (κ3) is 4.84. The maximum Gasteiger partial charge on any atom is 0.211 e. The molecule has 0 bridgehead atoms. The second-order valence-corrected chi connectivity index (χ2v) is 7.25. The lowest BCUT2D eigenvalue weighted by Gasteiger charge is -2.24. The molecule has 2 N–H and O–H groups in total. The Morgan fingerprint density at radius 3 is 2.61 bits per heavy atom. The first-order valence-electron chi connectivity index (χ1n) is 6.91. The van der Waals surface area contributed by atoms with Crippen molar-refractivity contribution in [1.29, 1.82) is 0 Å². The van der Waals surface area contributed by atoms with Crippen molar-refractivity contribution in [3.8, 4) is 0 Å². The first-order chi connectivity index (χ1) is 8.66. The van der Waals surface area contributed by atoms with Crippen molar-refractivity contribution in [1.82, 2.24) is 10.0 Å². The quantitative estimate of drug-likeness (QED) is 0.759. The van der Waals surface area contributed by atoms with Crippen LogP contribution in [0.4, 0.5) is 0 Å². The van der Waals surface area contributed by atoms with E-state index in [0.717, 1.165) is 52.0 Å². The van der Waals surface area contributed by atoms with Crippen molar-refractivity contribution >= 4 is 10.0 Å². The molecule has 1 unspecified atom stereocenters. The van der Waals surface area contributed by atoms with E-state index in [2.05, 4.69) is 10.0 Å². The van der Waals surface area contributed by atoms with Crippen LogP contribution in [0.25, 0.3) is 0 Å². The average Bonchev–Trinajstić information content (AvgIpc) is 2.38. The number of rotatable bonds is 5. The molecule has 0 aromatic rings. The zero-order valence-electron chi connectivity index (χ0n) is 10.9. The number of hydrogen-bond acceptors (Lipinski definition) is 4. The minimum Gasteiger partial charge on any atom is -0.381 e. The lowest BCUT2D eigenvalue weighted by molar-refractivity contribution is 0.0678. The van der Waals surface area contributed by atoms with E-state index in [-0.39, 0.29) is 11.7 Å². The molecule has 1 atom stereocenters. The summed E-state index contributed by atoms with van der Waals surface area (Å²) in [7, 11) is -3.11. The third-order valence-corrected chi connectivity index (χ3v) is 5.30. The summed E-state index contributed by atoms with van der Waals surface area (Å²) in [6, 6.07) is 0. The fourth-order valence-corrected chi connectivity index (χ4v) is 4.14. The molecular formula is C12H24N2O3S. The van der Waals surface area contributed by atoms with Gasteiger partial charge in [0.2, 0.25) is 10.0 Å². The van der Waals surface area contributed by atoms with Gasteiger partial charge in [-0.05, 0) is 50.6 Å². The Morgan fingerprint density at radius 1 is 1.17 bits per heavy atom. The largest absolute Gasteiger partial charge is 0.381 e. The zero-order valence-corrected chi connectivity index (χ0v) is 11.7. The molecule has 0 amide bonds. The predicted octanol–water partition coefficient (Wildman–Crippen LogP) is 0.332. The molecule has 2 fully saturated rings. The second kappa shape index (κ2) is 6.84. The van der Waals surface area contributed by atoms with E-state index in [9.17, 15) is 8.42 Å². The van der Waals surface area contributed by atoms with Crippen molar-refractivity contribution < 1.29 is 13.2 Å². The van der Waals surface area contributed by atoms with Gasteiger partial charge in [0.15, 0.2) is 0 Å². The summed E-state index contributed by atoms with van der Waals surface area (Å²) in [4.78, 5) is 0. The fourth-order valence-electron chi connectivity index (χ4n) is 2.63. The molecule has 106 valence electrons. The molecule has 2 rings (SSSR count). The van der Waals surface area contributed by atoms with Crippen LogP contribution >= 0.6 is 0 Å². The summed E-state index contributed by atoms with van der Waals surface area (Å²) in [5, 5.41) is 3.25. The highest BCUT2D eigenvalue weighted by molar-refractivity contribution is 7.89. The molecule has 0 radical (unpaired) electrons. The second-order valence-electron chi connectivity index (χ2n) is 5.40. The van der Waals surface area contributed by atoms with Gasteiger partial charge in [0.1, 0.15) is 0 Å². The predicted molar refractivity (Wildman–Crippen MR) is 70.9 cm³/mol. The summed E-state index contributed by atoms with van der Waals surface area (Å²) >= 11 is 0.